The highest BCUT2D eigenvalue weighted by Gasteiger charge is 2.08. The van der Waals surface area contributed by atoms with Crippen LogP contribution in [0.3, 0.4) is 0 Å². The molecule has 2 rings (SSSR count). The smallest absolute Gasteiger partial charge is 0.319 e. The molecule has 2 aromatic carbocycles. The summed E-state index contributed by atoms with van der Waals surface area (Å²) < 4.78 is 35.8. The summed E-state index contributed by atoms with van der Waals surface area (Å²) in [4.78, 5) is 13.0. The first-order chi connectivity index (χ1) is 11.8. The van der Waals surface area contributed by atoms with Gasteiger partial charge in [0.1, 0.15) is 5.82 Å². The van der Waals surface area contributed by atoms with Gasteiger partial charge in [-0.05, 0) is 54.6 Å². The Morgan fingerprint density at radius 1 is 1.16 bits per heavy atom. The number of sulfone groups is 1. The van der Waals surface area contributed by atoms with Gasteiger partial charge in [-0.2, -0.15) is 0 Å². The first kappa shape index (κ1) is 19.3. The van der Waals surface area contributed by atoms with E-state index in [-0.39, 0.29) is 10.7 Å². The van der Waals surface area contributed by atoms with Gasteiger partial charge in [0, 0.05) is 23.4 Å². The van der Waals surface area contributed by atoms with E-state index < -0.39 is 15.9 Å². The Balaban J connectivity index is 1.71. The van der Waals surface area contributed by atoms with Gasteiger partial charge in [0.15, 0.2) is 9.84 Å². The van der Waals surface area contributed by atoms with Gasteiger partial charge < -0.3 is 10.6 Å². The van der Waals surface area contributed by atoms with Crippen molar-refractivity contribution < 1.29 is 17.6 Å². The summed E-state index contributed by atoms with van der Waals surface area (Å²) >= 11 is 1.58. The van der Waals surface area contributed by atoms with Crippen molar-refractivity contribution in [2.75, 3.05) is 23.9 Å². The molecule has 0 atom stereocenters. The van der Waals surface area contributed by atoms with Crippen LogP contribution in [0.1, 0.15) is 6.42 Å². The summed E-state index contributed by atoms with van der Waals surface area (Å²) in [7, 11) is -3.31. The first-order valence-corrected chi connectivity index (χ1v) is 10.5. The minimum atomic E-state index is -3.31. The molecule has 5 nitrogen and oxygen atoms in total. The molecule has 0 saturated carbocycles. The van der Waals surface area contributed by atoms with Gasteiger partial charge in [0.25, 0.3) is 0 Å². The van der Waals surface area contributed by atoms with Crippen LogP contribution in [0, 0.1) is 5.82 Å². The number of nitrogens with one attached hydrogen (secondary N) is 2. The van der Waals surface area contributed by atoms with Crippen molar-refractivity contribution in [3.8, 4) is 0 Å². The standard InChI is InChI=1S/C17H19FN2O3S2/c1-25(22,23)16-5-2-4-14(12-16)20-17(21)19-10-3-11-24-15-8-6-13(18)7-9-15/h2,4-9,12H,3,10-11H2,1H3,(H2,19,20,21). The maximum atomic E-state index is 12.8. The van der Waals surface area contributed by atoms with Gasteiger partial charge in [-0.15, -0.1) is 11.8 Å². The highest BCUT2D eigenvalue weighted by atomic mass is 32.2. The number of rotatable bonds is 7. The fraction of sp³-hybridized carbons (Fsp3) is 0.235. The van der Waals surface area contributed by atoms with E-state index in [1.165, 1.54) is 24.3 Å². The van der Waals surface area contributed by atoms with Gasteiger partial charge >= 0.3 is 6.03 Å². The Labute approximate surface area is 150 Å². The van der Waals surface area contributed by atoms with Gasteiger partial charge in [-0.25, -0.2) is 17.6 Å². The van der Waals surface area contributed by atoms with Gasteiger partial charge in [-0.1, -0.05) is 6.07 Å². The Morgan fingerprint density at radius 2 is 1.88 bits per heavy atom. The Hall–Kier alpha value is -2.06. The number of hydrogen-bond acceptors (Lipinski definition) is 4. The zero-order valence-electron chi connectivity index (χ0n) is 13.7. The van der Waals surface area contributed by atoms with Crippen LogP contribution in [0.25, 0.3) is 0 Å². The van der Waals surface area contributed by atoms with E-state index in [2.05, 4.69) is 10.6 Å². The molecule has 0 saturated heterocycles. The van der Waals surface area contributed by atoms with Crippen molar-refractivity contribution >= 4 is 33.3 Å². The largest absolute Gasteiger partial charge is 0.338 e. The minimum absolute atomic E-state index is 0.154. The lowest BCUT2D eigenvalue weighted by Crippen LogP contribution is -2.29. The highest BCUT2D eigenvalue weighted by molar-refractivity contribution is 7.99. The number of benzene rings is 2. The molecule has 8 heteroatoms. The molecule has 0 aliphatic heterocycles. The monoisotopic (exact) mass is 382 g/mol. The lowest BCUT2D eigenvalue weighted by molar-refractivity contribution is 0.252. The number of carbonyl (C=O) groups is 1. The van der Waals surface area contributed by atoms with Crippen LogP contribution < -0.4 is 10.6 Å². The van der Waals surface area contributed by atoms with E-state index in [0.717, 1.165) is 23.3 Å². The molecule has 134 valence electrons. The minimum Gasteiger partial charge on any atom is -0.338 e. The molecule has 0 aliphatic carbocycles. The summed E-state index contributed by atoms with van der Waals surface area (Å²) in [6, 6.07) is 12.0. The number of halogens is 1. The molecule has 2 amide bonds. The molecule has 0 bridgehead atoms. The molecule has 0 aliphatic rings. The van der Waals surface area contributed by atoms with E-state index in [1.807, 2.05) is 0 Å². The van der Waals surface area contributed by atoms with Crippen molar-refractivity contribution in [3.63, 3.8) is 0 Å². The van der Waals surface area contributed by atoms with Crippen molar-refractivity contribution in [1.82, 2.24) is 5.32 Å². The summed E-state index contributed by atoms with van der Waals surface area (Å²) in [5.74, 6) is 0.526. The van der Waals surface area contributed by atoms with Crippen LogP contribution in [0.5, 0.6) is 0 Å². The van der Waals surface area contributed by atoms with Gasteiger partial charge in [0.2, 0.25) is 0 Å². The van der Waals surface area contributed by atoms with E-state index in [1.54, 1.807) is 36.0 Å². The van der Waals surface area contributed by atoms with Gasteiger partial charge in [-0.3, -0.25) is 0 Å². The molecule has 25 heavy (non-hydrogen) atoms. The molecule has 0 unspecified atom stereocenters. The summed E-state index contributed by atoms with van der Waals surface area (Å²) in [6.45, 7) is 0.478. The number of urea groups is 1. The predicted octanol–water partition coefficient (Wildman–Crippen LogP) is 3.53. The second-order valence-electron chi connectivity index (χ2n) is 5.34. The van der Waals surface area contributed by atoms with Crippen molar-refractivity contribution in [2.24, 2.45) is 0 Å². The molecule has 2 N–H and O–H groups in total. The van der Waals surface area contributed by atoms with Crippen LogP contribution in [-0.2, 0) is 9.84 Å². The van der Waals surface area contributed by atoms with E-state index in [9.17, 15) is 17.6 Å². The van der Waals surface area contributed by atoms with E-state index >= 15 is 0 Å². The number of carbonyl (C=O) groups excluding carboxylic acids is 1. The number of thioether (sulfide) groups is 1. The third kappa shape index (κ3) is 6.75. The fourth-order valence-corrected chi connectivity index (χ4v) is 3.49. The molecule has 0 fully saturated rings. The number of amides is 2. The third-order valence-corrected chi connectivity index (χ3v) is 5.42. The van der Waals surface area contributed by atoms with Crippen molar-refractivity contribution in [2.45, 2.75) is 16.2 Å². The second kappa shape index (κ2) is 8.87. The first-order valence-electron chi connectivity index (χ1n) is 7.58. The second-order valence-corrected chi connectivity index (χ2v) is 8.52. The normalized spacial score (nSPS) is 11.1. The topological polar surface area (TPSA) is 75.3 Å². The maximum Gasteiger partial charge on any atom is 0.319 e. The van der Waals surface area contributed by atoms with Crippen LogP contribution in [0.4, 0.5) is 14.9 Å². The fourth-order valence-electron chi connectivity index (χ4n) is 1.97. The van der Waals surface area contributed by atoms with E-state index in [4.69, 9.17) is 0 Å². The summed E-state index contributed by atoms with van der Waals surface area (Å²) in [5.41, 5.74) is 0.418. The summed E-state index contributed by atoms with van der Waals surface area (Å²) in [6.07, 6.45) is 1.86. The van der Waals surface area contributed by atoms with Crippen LogP contribution in [0.2, 0.25) is 0 Å². The third-order valence-electron chi connectivity index (χ3n) is 3.21. The number of hydrogen-bond donors (Lipinski definition) is 2. The van der Waals surface area contributed by atoms with Gasteiger partial charge in [0.05, 0.1) is 4.90 Å². The average Bonchev–Trinajstić information content (AvgIpc) is 2.56. The van der Waals surface area contributed by atoms with Crippen LogP contribution >= 0.6 is 11.8 Å². The van der Waals surface area contributed by atoms with Crippen molar-refractivity contribution in [1.29, 1.82) is 0 Å². The van der Waals surface area contributed by atoms with Crippen LogP contribution in [-0.4, -0.2) is 33.0 Å². The average molecular weight is 382 g/mol. The predicted molar refractivity (Wildman–Crippen MR) is 98.3 cm³/mol. The van der Waals surface area contributed by atoms with E-state index in [0.29, 0.717) is 12.2 Å². The molecule has 0 spiro atoms. The molecular formula is C17H19FN2O3S2. The SMILES string of the molecule is CS(=O)(=O)c1cccc(NC(=O)NCCCSc2ccc(F)cc2)c1. The number of anilines is 1. The zero-order chi connectivity index (χ0) is 18.3. The molecule has 2 aromatic rings. The Morgan fingerprint density at radius 3 is 2.56 bits per heavy atom. The molecule has 0 aromatic heterocycles. The Bertz CT molecular complexity index is 824. The van der Waals surface area contributed by atoms with Crippen LogP contribution in [0.15, 0.2) is 58.3 Å². The quantitative estimate of drug-likeness (QED) is 0.567. The lowest BCUT2D eigenvalue weighted by Gasteiger charge is -2.08. The maximum absolute atomic E-state index is 12.8. The summed E-state index contributed by atoms with van der Waals surface area (Å²) in [5, 5.41) is 5.32. The molecule has 0 heterocycles. The lowest BCUT2D eigenvalue weighted by atomic mass is 10.3. The molecule has 0 radical (unpaired) electrons. The molecular weight excluding hydrogens is 363 g/mol. The zero-order valence-corrected chi connectivity index (χ0v) is 15.3. The van der Waals surface area contributed by atoms with Crippen molar-refractivity contribution in [3.05, 3.63) is 54.3 Å². The highest BCUT2D eigenvalue weighted by Crippen LogP contribution is 2.18. The Kier molecular flexibility index (Phi) is 6.83.